The maximum atomic E-state index is 12.7. The monoisotopic (exact) mass is 511 g/mol. The highest BCUT2D eigenvalue weighted by molar-refractivity contribution is 5.82. The van der Waals surface area contributed by atoms with Gasteiger partial charge in [0.1, 0.15) is 0 Å². The normalized spacial score (nSPS) is 21.4. The molecule has 200 valence electrons. The molecule has 11 heteroatoms. The molecule has 2 aromatic rings. The Kier molecular flexibility index (Phi) is 7.61. The summed E-state index contributed by atoms with van der Waals surface area (Å²) in [7, 11) is 3.31. The van der Waals surface area contributed by atoms with Crippen molar-refractivity contribution in [1.29, 1.82) is 0 Å². The van der Waals surface area contributed by atoms with Gasteiger partial charge in [-0.15, -0.1) is 0 Å². The van der Waals surface area contributed by atoms with Crippen LogP contribution in [0.15, 0.2) is 24.5 Å². The Labute approximate surface area is 217 Å². The van der Waals surface area contributed by atoms with Crippen LogP contribution in [0.3, 0.4) is 0 Å². The first-order chi connectivity index (χ1) is 17.9. The van der Waals surface area contributed by atoms with Crippen LogP contribution >= 0.6 is 0 Å². The van der Waals surface area contributed by atoms with E-state index in [1.165, 1.54) is 7.11 Å². The summed E-state index contributed by atoms with van der Waals surface area (Å²) >= 11 is 0. The predicted octanol–water partition coefficient (Wildman–Crippen LogP) is 2.12. The number of carbonyl (C=O) groups is 1. The molecule has 0 bridgehead atoms. The number of hydrogen-bond donors (Lipinski definition) is 1. The maximum Gasteiger partial charge on any atom is 0.311 e. The van der Waals surface area contributed by atoms with E-state index in [4.69, 9.17) is 4.74 Å². The third-order valence-electron chi connectivity index (χ3n) is 8.12. The third-order valence-corrected chi connectivity index (χ3v) is 8.12. The molecule has 0 aliphatic carbocycles. The van der Waals surface area contributed by atoms with Crippen LogP contribution in [0.4, 0.5) is 11.4 Å². The van der Waals surface area contributed by atoms with E-state index in [1.807, 2.05) is 18.1 Å². The predicted molar refractivity (Wildman–Crippen MR) is 141 cm³/mol. The Hall–Kier alpha value is -3.18. The summed E-state index contributed by atoms with van der Waals surface area (Å²) in [5.41, 5.74) is 2.53. The van der Waals surface area contributed by atoms with Crippen LogP contribution in [0.25, 0.3) is 11.1 Å². The van der Waals surface area contributed by atoms with Crippen molar-refractivity contribution < 1.29 is 14.5 Å². The van der Waals surface area contributed by atoms with Crippen molar-refractivity contribution >= 4 is 17.3 Å². The van der Waals surface area contributed by atoms with E-state index >= 15 is 0 Å². The number of piperidine rings is 1. The van der Waals surface area contributed by atoms with Gasteiger partial charge in [0.15, 0.2) is 5.75 Å². The van der Waals surface area contributed by atoms with Gasteiger partial charge in [-0.3, -0.25) is 24.5 Å². The molecule has 5 rings (SSSR count). The summed E-state index contributed by atoms with van der Waals surface area (Å²) in [6.45, 7) is 7.17. The number of nitro groups is 1. The Morgan fingerprint density at radius 2 is 1.92 bits per heavy atom. The van der Waals surface area contributed by atoms with Gasteiger partial charge in [-0.25, -0.2) is 0 Å². The van der Waals surface area contributed by atoms with Crippen molar-refractivity contribution in [2.75, 3.05) is 64.4 Å². The Morgan fingerprint density at radius 1 is 1.16 bits per heavy atom. The lowest BCUT2D eigenvalue weighted by molar-refractivity contribution is -0.385. The lowest BCUT2D eigenvalue weighted by Gasteiger charge is -2.43. The zero-order valence-electron chi connectivity index (χ0n) is 21.8. The SMILES string of the molecule is COc1cc(N2CCC(N3CCN(C(=O)CC4CCNC4)CC3)CC2)c(-c2cnn(C)c2)cc1[N+](=O)[O-]. The highest BCUT2D eigenvalue weighted by Crippen LogP contribution is 2.41. The molecule has 4 heterocycles. The highest BCUT2D eigenvalue weighted by atomic mass is 16.6. The van der Waals surface area contributed by atoms with Gasteiger partial charge in [-0.2, -0.15) is 5.10 Å². The second-order valence-corrected chi connectivity index (χ2v) is 10.4. The molecule has 3 aliphatic rings. The number of carbonyl (C=O) groups excluding carboxylic acids is 1. The fraction of sp³-hybridized carbons (Fsp3) is 0.615. The molecule has 0 spiro atoms. The van der Waals surface area contributed by atoms with Gasteiger partial charge in [-0.05, 0) is 38.3 Å². The standard InChI is InChI=1S/C26H37N7O4/c1-29-18-20(17-28-29)22-14-24(33(35)36)25(37-2)15-23(22)31-7-4-21(5-8-31)30-9-11-32(12-10-30)26(34)13-19-3-6-27-16-19/h14-15,17-19,21,27H,3-13,16H2,1-2H3. The number of nitrogens with zero attached hydrogens (tertiary/aromatic N) is 6. The minimum Gasteiger partial charge on any atom is -0.490 e. The van der Waals surface area contributed by atoms with Gasteiger partial charge >= 0.3 is 5.69 Å². The fourth-order valence-electron chi connectivity index (χ4n) is 5.99. The molecular weight excluding hydrogens is 474 g/mol. The van der Waals surface area contributed by atoms with Crippen LogP contribution in [0.2, 0.25) is 0 Å². The van der Waals surface area contributed by atoms with Gasteiger partial charge in [-0.1, -0.05) is 0 Å². The van der Waals surface area contributed by atoms with Crippen molar-refractivity contribution in [1.82, 2.24) is 24.9 Å². The number of methoxy groups -OCH3 is 1. The first-order valence-electron chi connectivity index (χ1n) is 13.3. The molecule has 1 aromatic heterocycles. The van der Waals surface area contributed by atoms with Crippen molar-refractivity contribution in [3.63, 3.8) is 0 Å². The number of aromatic nitrogens is 2. The van der Waals surface area contributed by atoms with E-state index in [0.717, 1.165) is 88.4 Å². The van der Waals surface area contributed by atoms with E-state index in [0.29, 0.717) is 24.3 Å². The lowest BCUT2D eigenvalue weighted by Crippen LogP contribution is -2.54. The van der Waals surface area contributed by atoms with Crippen LogP contribution < -0.4 is 15.0 Å². The van der Waals surface area contributed by atoms with E-state index < -0.39 is 4.92 Å². The van der Waals surface area contributed by atoms with E-state index in [1.54, 1.807) is 23.0 Å². The van der Waals surface area contributed by atoms with Gasteiger partial charge in [0.2, 0.25) is 5.91 Å². The van der Waals surface area contributed by atoms with Crippen molar-refractivity contribution in [3.05, 3.63) is 34.6 Å². The van der Waals surface area contributed by atoms with Gasteiger partial charge < -0.3 is 19.9 Å². The molecule has 1 amide bonds. The Bertz CT molecular complexity index is 1110. The average Bonchev–Trinajstić information content (AvgIpc) is 3.59. The number of amides is 1. The van der Waals surface area contributed by atoms with E-state index in [-0.39, 0.29) is 11.4 Å². The molecule has 37 heavy (non-hydrogen) atoms. The molecule has 3 fully saturated rings. The van der Waals surface area contributed by atoms with E-state index in [2.05, 4.69) is 20.2 Å². The molecule has 3 aliphatic heterocycles. The summed E-state index contributed by atoms with van der Waals surface area (Å²) in [6, 6.07) is 3.88. The molecule has 1 N–H and O–H groups in total. The number of piperazine rings is 1. The summed E-state index contributed by atoms with van der Waals surface area (Å²) in [5.74, 6) is 1.06. The van der Waals surface area contributed by atoms with Gasteiger partial charge in [0.25, 0.3) is 0 Å². The molecule has 1 unspecified atom stereocenters. The Balaban J connectivity index is 1.23. The largest absolute Gasteiger partial charge is 0.490 e. The molecule has 11 nitrogen and oxygen atoms in total. The lowest BCUT2D eigenvalue weighted by atomic mass is 9.98. The summed E-state index contributed by atoms with van der Waals surface area (Å²) in [4.78, 5) is 30.9. The molecule has 0 radical (unpaired) electrons. The number of ether oxygens (including phenoxy) is 1. The average molecular weight is 512 g/mol. The second kappa shape index (κ2) is 11.1. The minimum atomic E-state index is -0.399. The first kappa shape index (κ1) is 25.5. The number of nitrogens with one attached hydrogen (secondary N) is 1. The topological polar surface area (TPSA) is 109 Å². The summed E-state index contributed by atoms with van der Waals surface area (Å²) in [5, 5.41) is 19.3. The second-order valence-electron chi connectivity index (χ2n) is 10.4. The third kappa shape index (κ3) is 5.57. The molecule has 1 aromatic carbocycles. The Morgan fingerprint density at radius 3 is 2.51 bits per heavy atom. The van der Waals surface area contributed by atoms with Crippen LogP contribution in [0, 0.1) is 16.0 Å². The number of benzene rings is 1. The van der Waals surface area contributed by atoms with Crippen molar-refractivity contribution in [3.8, 4) is 16.9 Å². The van der Waals surface area contributed by atoms with Crippen molar-refractivity contribution in [2.24, 2.45) is 13.0 Å². The van der Waals surface area contributed by atoms with Crippen LogP contribution in [0.5, 0.6) is 5.75 Å². The number of rotatable bonds is 7. The quantitative estimate of drug-likeness (QED) is 0.445. The number of hydrogen-bond acceptors (Lipinski definition) is 8. The van der Waals surface area contributed by atoms with Crippen LogP contribution in [0.1, 0.15) is 25.7 Å². The van der Waals surface area contributed by atoms with Crippen molar-refractivity contribution in [2.45, 2.75) is 31.7 Å². The number of nitro benzene ring substituents is 1. The maximum absolute atomic E-state index is 12.7. The van der Waals surface area contributed by atoms with Crippen LogP contribution in [-0.2, 0) is 11.8 Å². The van der Waals surface area contributed by atoms with Gasteiger partial charge in [0, 0.05) is 93.9 Å². The summed E-state index contributed by atoms with van der Waals surface area (Å²) in [6.07, 6.45) is 7.41. The molecule has 1 atom stereocenters. The summed E-state index contributed by atoms with van der Waals surface area (Å²) < 4.78 is 7.09. The first-order valence-corrected chi connectivity index (χ1v) is 13.3. The molecular formula is C26H37N7O4. The zero-order valence-corrected chi connectivity index (χ0v) is 21.8. The van der Waals surface area contributed by atoms with Crippen LogP contribution in [-0.4, -0.2) is 95.9 Å². The number of aryl methyl sites for hydroxylation is 1. The highest BCUT2D eigenvalue weighted by Gasteiger charge is 2.31. The van der Waals surface area contributed by atoms with Gasteiger partial charge in [0.05, 0.1) is 18.2 Å². The number of anilines is 1. The smallest absolute Gasteiger partial charge is 0.311 e. The fourth-order valence-corrected chi connectivity index (χ4v) is 5.99. The molecule has 0 saturated carbocycles. The molecule has 3 saturated heterocycles. The van der Waals surface area contributed by atoms with E-state index in [9.17, 15) is 14.9 Å². The minimum absolute atomic E-state index is 0.0448. The zero-order chi connectivity index (χ0) is 25.9.